The van der Waals surface area contributed by atoms with Crippen LogP contribution in [0.15, 0.2) is 48.5 Å². The van der Waals surface area contributed by atoms with E-state index in [0.29, 0.717) is 44.3 Å². The zero-order valence-corrected chi connectivity index (χ0v) is 20.9. The molecule has 0 spiro atoms. The summed E-state index contributed by atoms with van der Waals surface area (Å²) < 4.78 is 24.4. The van der Waals surface area contributed by atoms with Crippen LogP contribution in [0.5, 0.6) is 11.5 Å². The first-order valence-corrected chi connectivity index (χ1v) is 11.9. The lowest BCUT2D eigenvalue weighted by molar-refractivity contribution is -0.141. The maximum atomic E-state index is 11.0. The predicted molar refractivity (Wildman–Crippen MR) is 131 cm³/mol. The van der Waals surface area contributed by atoms with Crippen LogP contribution in [-0.2, 0) is 41.4 Å². The van der Waals surface area contributed by atoms with Gasteiger partial charge in [0, 0.05) is 12.8 Å². The molecule has 2 saturated heterocycles. The first-order chi connectivity index (χ1) is 16.9. The summed E-state index contributed by atoms with van der Waals surface area (Å²) in [6.45, 7) is 2.29. The van der Waals surface area contributed by atoms with Gasteiger partial charge in [-0.25, -0.2) is 0 Å². The zero-order chi connectivity index (χ0) is 25.5. The second kappa shape index (κ2) is 16.0. The number of ether oxygens (including phenoxy) is 5. The van der Waals surface area contributed by atoms with Crippen LogP contribution in [0.4, 0.5) is 0 Å². The number of epoxide rings is 2. The highest BCUT2D eigenvalue weighted by atomic mass is 35.5. The smallest absolute Gasteiger partial charge is 0.305 e. The van der Waals surface area contributed by atoms with Gasteiger partial charge < -0.3 is 28.8 Å². The molecule has 9 heteroatoms. The highest BCUT2D eigenvalue weighted by Gasteiger charge is 2.23. The Morgan fingerprint density at radius 2 is 1.31 bits per heavy atom. The number of alkyl halides is 1. The molecule has 4 rings (SSSR count). The highest BCUT2D eigenvalue weighted by molar-refractivity contribution is 6.18. The number of halogens is 1. The highest BCUT2D eigenvalue weighted by Crippen LogP contribution is 2.16. The van der Waals surface area contributed by atoms with E-state index in [1.807, 2.05) is 24.3 Å². The number of hydrogen-bond donors (Lipinski definition) is 1. The number of esters is 2. The van der Waals surface area contributed by atoms with Gasteiger partial charge in [-0.2, -0.15) is 0 Å². The summed E-state index contributed by atoms with van der Waals surface area (Å²) in [5, 5.41) is 8.99. The monoisotopic (exact) mass is 508 g/mol. The molecule has 0 aromatic heterocycles. The molecule has 0 saturated carbocycles. The zero-order valence-electron chi connectivity index (χ0n) is 20.1. The topological polar surface area (TPSA) is 107 Å². The van der Waals surface area contributed by atoms with Crippen LogP contribution in [-0.4, -0.2) is 69.2 Å². The number of phenols is 1. The third kappa shape index (κ3) is 13.6. The van der Waals surface area contributed by atoms with Crippen molar-refractivity contribution in [2.24, 2.45) is 0 Å². The van der Waals surface area contributed by atoms with E-state index in [-0.39, 0.29) is 23.8 Å². The van der Waals surface area contributed by atoms with E-state index in [9.17, 15) is 9.59 Å². The third-order valence-electron chi connectivity index (χ3n) is 4.96. The second-order valence-electron chi connectivity index (χ2n) is 7.84. The van der Waals surface area contributed by atoms with E-state index in [2.05, 4.69) is 9.47 Å². The Morgan fingerprint density at radius 3 is 1.69 bits per heavy atom. The Morgan fingerprint density at radius 1 is 0.857 bits per heavy atom. The molecule has 0 amide bonds. The van der Waals surface area contributed by atoms with Crippen molar-refractivity contribution in [1.82, 2.24) is 0 Å². The molecular formula is C26H33ClO8. The van der Waals surface area contributed by atoms with E-state index in [4.69, 9.17) is 30.9 Å². The second-order valence-corrected chi connectivity index (χ2v) is 8.15. The molecule has 0 radical (unpaired) electrons. The molecule has 2 aliphatic heterocycles. The molecule has 8 nitrogen and oxygen atoms in total. The fourth-order valence-electron chi connectivity index (χ4n) is 2.62. The Hall–Kier alpha value is -2.81. The van der Waals surface area contributed by atoms with Crippen molar-refractivity contribution in [3.8, 4) is 11.5 Å². The van der Waals surface area contributed by atoms with Gasteiger partial charge in [-0.05, 0) is 48.2 Å². The van der Waals surface area contributed by atoms with Crippen molar-refractivity contribution in [2.75, 3.05) is 39.9 Å². The van der Waals surface area contributed by atoms with Crippen molar-refractivity contribution >= 4 is 23.5 Å². The average Bonchev–Trinajstić information content (AvgIpc) is 3.81. The normalized spacial score (nSPS) is 17.0. The molecule has 0 aliphatic carbocycles. The first-order valence-electron chi connectivity index (χ1n) is 11.4. The molecule has 0 bridgehead atoms. The van der Waals surface area contributed by atoms with Crippen molar-refractivity contribution in [2.45, 2.75) is 37.9 Å². The number of carbonyl (C=O) groups is 2. The molecular weight excluding hydrogens is 476 g/mol. The summed E-state index contributed by atoms with van der Waals surface area (Å²) in [6, 6.07) is 14.5. The molecule has 2 fully saturated rings. The number of methoxy groups -OCH3 is 2. The van der Waals surface area contributed by atoms with Crippen molar-refractivity contribution in [3.05, 3.63) is 59.7 Å². The summed E-state index contributed by atoms with van der Waals surface area (Å²) in [4.78, 5) is 21.8. The molecule has 192 valence electrons. The molecule has 2 heterocycles. The molecule has 2 atom stereocenters. The van der Waals surface area contributed by atoms with Crippen LogP contribution in [0, 0.1) is 0 Å². The lowest BCUT2D eigenvalue weighted by atomic mass is 10.1. The molecule has 2 aromatic rings. The van der Waals surface area contributed by atoms with Gasteiger partial charge in [-0.15, -0.1) is 11.6 Å². The van der Waals surface area contributed by atoms with E-state index in [1.165, 1.54) is 14.2 Å². The van der Waals surface area contributed by atoms with Gasteiger partial charge in [0.05, 0.1) is 39.4 Å². The Kier molecular flexibility index (Phi) is 13.0. The van der Waals surface area contributed by atoms with Crippen LogP contribution < -0.4 is 4.74 Å². The predicted octanol–water partition coefficient (Wildman–Crippen LogP) is 3.69. The summed E-state index contributed by atoms with van der Waals surface area (Å²) in [6.07, 6.45) is 2.80. The fourth-order valence-corrected chi connectivity index (χ4v) is 2.80. The number of phenolic OH excluding ortho intramolecular Hbond substituents is 1. The molecule has 1 N–H and O–H groups in total. The third-order valence-corrected chi connectivity index (χ3v) is 5.31. The summed E-state index contributed by atoms with van der Waals surface area (Å²) >= 11 is 5.27. The molecule has 2 aliphatic rings. The van der Waals surface area contributed by atoms with Gasteiger partial charge in [0.25, 0.3) is 0 Å². The lowest BCUT2D eigenvalue weighted by Crippen LogP contribution is -2.04. The van der Waals surface area contributed by atoms with E-state index < -0.39 is 0 Å². The molecule has 35 heavy (non-hydrogen) atoms. The van der Waals surface area contributed by atoms with Gasteiger partial charge in [-0.1, -0.05) is 24.3 Å². The minimum Gasteiger partial charge on any atom is -0.508 e. The minimum atomic E-state index is -0.215. The number of aryl methyl sites for hydroxylation is 2. The first kappa shape index (κ1) is 28.4. The van der Waals surface area contributed by atoms with Gasteiger partial charge in [0.1, 0.15) is 24.2 Å². The quantitative estimate of drug-likeness (QED) is 0.294. The number of hydrogen-bond acceptors (Lipinski definition) is 8. The van der Waals surface area contributed by atoms with E-state index in [0.717, 1.165) is 30.1 Å². The standard InChI is InChI=1S/C13H16O4.C10H12O3.C3H5ClO/c1-15-13(14)7-4-10-2-5-11(6-3-10)16-8-12-9-17-12;1-13-10(12)7-4-8-2-5-9(11)6-3-8;4-1-3-2-5-3/h2-3,5-6,12H,4,7-9H2,1H3;2-3,5-6,11H,4,7H2,1H3;3H,1-2H2. The minimum absolute atomic E-state index is 0.184. The maximum absolute atomic E-state index is 11.0. The largest absolute Gasteiger partial charge is 0.508 e. The van der Waals surface area contributed by atoms with Crippen molar-refractivity contribution in [1.29, 1.82) is 0 Å². The van der Waals surface area contributed by atoms with Crippen LogP contribution in [0.3, 0.4) is 0 Å². The van der Waals surface area contributed by atoms with Crippen LogP contribution >= 0.6 is 11.6 Å². The molecule has 2 unspecified atom stereocenters. The Balaban J connectivity index is 0.000000211. The van der Waals surface area contributed by atoms with Crippen LogP contribution in [0.25, 0.3) is 0 Å². The SMILES string of the molecule is COC(=O)CCc1ccc(O)cc1.COC(=O)CCc1ccc(OCC2CO2)cc1.ClCC1CO1. The van der Waals surface area contributed by atoms with Crippen molar-refractivity contribution < 1.29 is 38.4 Å². The van der Waals surface area contributed by atoms with Gasteiger partial charge in [0.15, 0.2) is 0 Å². The summed E-state index contributed by atoms with van der Waals surface area (Å²) in [7, 11) is 2.78. The van der Waals surface area contributed by atoms with Gasteiger partial charge >= 0.3 is 11.9 Å². The van der Waals surface area contributed by atoms with E-state index in [1.54, 1.807) is 24.3 Å². The molecule has 2 aromatic carbocycles. The lowest BCUT2D eigenvalue weighted by Gasteiger charge is -2.05. The number of benzene rings is 2. The number of rotatable bonds is 10. The maximum Gasteiger partial charge on any atom is 0.305 e. The summed E-state index contributed by atoms with van der Waals surface area (Å²) in [5.74, 6) is 1.34. The fraction of sp³-hybridized carbons (Fsp3) is 0.462. The Labute approximate surface area is 211 Å². The van der Waals surface area contributed by atoms with E-state index >= 15 is 0 Å². The van der Waals surface area contributed by atoms with Crippen LogP contribution in [0.2, 0.25) is 0 Å². The number of carbonyl (C=O) groups excluding carboxylic acids is 2. The number of aromatic hydroxyl groups is 1. The summed E-state index contributed by atoms with van der Waals surface area (Å²) in [5.41, 5.74) is 2.12. The van der Waals surface area contributed by atoms with Crippen LogP contribution in [0.1, 0.15) is 24.0 Å². The average molecular weight is 509 g/mol. The van der Waals surface area contributed by atoms with Gasteiger partial charge in [-0.3, -0.25) is 9.59 Å². The Bertz CT molecular complexity index is 877. The van der Waals surface area contributed by atoms with Gasteiger partial charge in [0.2, 0.25) is 0 Å². The van der Waals surface area contributed by atoms with Crippen molar-refractivity contribution in [3.63, 3.8) is 0 Å².